The molecule has 200 valence electrons. The van der Waals surface area contributed by atoms with Gasteiger partial charge in [-0.3, -0.25) is 4.40 Å². The SMILES string of the molecule is C[C@@H](Nc1ccc(Cl)nc1C(=O)O)c1cc(CF)cc2c1nc(N1CCOCC1)n1cc(C(F)(F)F)nc21. The average Bonchev–Trinajstić information content (AvgIpc) is 3.35. The summed E-state index contributed by atoms with van der Waals surface area (Å²) < 4.78 is 61.6. The molecule has 0 radical (unpaired) electrons. The molecule has 1 aliphatic rings. The summed E-state index contributed by atoms with van der Waals surface area (Å²) in [5.74, 6) is -1.07. The molecule has 1 saturated heterocycles. The number of pyridine rings is 1. The van der Waals surface area contributed by atoms with Crippen LogP contribution in [0, 0.1) is 0 Å². The van der Waals surface area contributed by atoms with Crippen molar-refractivity contribution in [2.45, 2.75) is 25.8 Å². The smallest absolute Gasteiger partial charge is 0.434 e. The van der Waals surface area contributed by atoms with E-state index in [1.807, 2.05) is 0 Å². The lowest BCUT2D eigenvalue weighted by molar-refractivity contribution is -0.140. The number of halogens is 5. The Kier molecular flexibility index (Phi) is 6.73. The predicted octanol–water partition coefficient (Wildman–Crippen LogP) is 5.13. The molecule has 38 heavy (non-hydrogen) atoms. The number of aromatic carboxylic acids is 1. The van der Waals surface area contributed by atoms with Gasteiger partial charge in [0.15, 0.2) is 11.4 Å². The fourth-order valence-corrected chi connectivity index (χ4v) is 4.59. The summed E-state index contributed by atoms with van der Waals surface area (Å²) in [6, 6.07) is 5.18. The van der Waals surface area contributed by atoms with Crippen molar-refractivity contribution in [3.05, 3.63) is 58.1 Å². The summed E-state index contributed by atoms with van der Waals surface area (Å²) >= 11 is 5.86. The van der Waals surface area contributed by atoms with Gasteiger partial charge in [0.1, 0.15) is 17.5 Å². The number of benzene rings is 1. The van der Waals surface area contributed by atoms with Gasteiger partial charge in [-0.25, -0.2) is 24.1 Å². The highest BCUT2D eigenvalue weighted by atomic mass is 35.5. The van der Waals surface area contributed by atoms with Crippen LogP contribution in [0.2, 0.25) is 5.15 Å². The van der Waals surface area contributed by atoms with Crippen molar-refractivity contribution in [3.63, 3.8) is 0 Å². The van der Waals surface area contributed by atoms with E-state index in [4.69, 9.17) is 21.3 Å². The molecule has 2 N–H and O–H groups in total. The molecular weight excluding hydrogens is 532 g/mol. The van der Waals surface area contributed by atoms with E-state index in [0.29, 0.717) is 37.4 Å². The maximum absolute atomic E-state index is 13.9. The van der Waals surface area contributed by atoms with E-state index >= 15 is 0 Å². The number of hydrogen-bond donors (Lipinski definition) is 2. The van der Waals surface area contributed by atoms with Crippen molar-refractivity contribution in [2.24, 2.45) is 0 Å². The van der Waals surface area contributed by atoms with Crippen LogP contribution in [0.15, 0.2) is 30.5 Å². The molecule has 1 atom stereocenters. The van der Waals surface area contributed by atoms with Crippen LogP contribution in [0.1, 0.15) is 40.3 Å². The molecule has 0 unspecified atom stereocenters. The number of rotatable bonds is 6. The Labute approximate surface area is 218 Å². The van der Waals surface area contributed by atoms with Gasteiger partial charge >= 0.3 is 12.1 Å². The maximum Gasteiger partial charge on any atom is 0.434 e. The first kappa shape index (κ1) is 25.9. The zero-order valence-corrected chi connectivity index (χ0v) is 20.6. The van der Waals surface area contributed by atoms with Crippen LogP contribution >= 0.6 is 11.6 Å². The van der Waals surface area contributed by atoms with Gasteiger partial charge in [0.2, 0.25) is 5.95 Å². The summed E-state index contributed by atoms with van der Waals surface area (Å²) in [6.07, 6.45) is -3.82. The lowest BCUT2D eigenvalue weighted by Gasteiger charge is -2.29. The van der Waals surface area contributed by atoms with Crippen molar-refractivity contribution in [1.29, 1.82) is 0 Å². The van der Waals surface area contributed by atoms with E-state index < -0.39 is 30.6 Å². The molecule has 0 amide bonds. The summed E-state index contributed by atoms with van der Waals surface area (Å²) in [4.78, 5) is 26.0. The van der Waals surface area contributed by atoms with Crippen LogP contribution in [0.4, 0.5) is 29.2 Å². The van der Waals surface area contributed by atoms with Crippen molar-refractivity contribution < 1.29 is 32.2 Å². The highest BCUT2D eigenvalue weighted by Crippen LogP contribution is 2.36. The molecule has 4 aromatic rings. The van der Waals surface area contributed by atoms with E-state index in [2.05, 4.69) is 15.3 Å². The second-order valence-electron chi connectivity index (χ2n) is 8.74. The van der Waals surface area contributed by atoms with Crippen LogP contribution in [0.25, 0.3) is 16.6 Å². The second-order valence-corrected chi connectivity index (χ2v) is 9.13. The van der Waals surface area contributed by atoms with Gasteiger partial charge in [0.05, 0.1) is 30.5 Å². The highest BCUT2D eigenvalue weighted by Gasteiger charge is 2.35. The number of imidazole rings is 1. The largest absolute Gasteiger partial charge is 0.476 e. The zero-order valence-electron chi connectivity index (χ0n) is 19.9. The number of anilines is 2. The fraction of sp³-hybridized carbons (Fsp3) is 0.333. The van der Waals surface area contributed by atoms with Gasteiger partial charge in [0.25, 0.3) is 0 Å². The molecular formula is C24H21ClF4N6O3. The number of carboxylic acid groups (broad SMARTS) is 1. The molecule has 0 saturated carbocycles. The molecule has 1 aliphatic heterocycles. The average molecular weight is 553 g/mol. The third-order valence-electron chi connectivity index (χ3n) is 6.21. The lowest BCUT2D eigenvalue weighted by Crippen LogP contribution is -2.38. The Hall–Kier alpha value is -3.71. The van der Waals surface area contributed by atoms with Gasteiger partial charge in [-0.05, 0) is 36.8 Å². The summed E-state index contributed by atoms with van der Waals surface area (Å²) in [7, 11) is 0. The topological polar surface area (TPSA) is 105 Å². The van der Waals surface area contributed by atoms with Crippen LogP contribution in [0.5, 0.6) is 0 Å². The Balaban J connectivity index is 1.73. The molecule has 0 bridgehead atoms. The number of nitrogens with zero attached hydrogens (tertiary/aromatic N) is 5. The van der Waals surface area contributed by atoms with E-state index in [9.17, 15) is 27.5 Å². The Morgan fingerprint density at radius 2 is 1.95 bits per heavy atom. The molecule has 9 nitrogen and oxygen atoms in total. The number of fused-ring (bicyclic) bond motifs is 3. The van der Waals surface area contributed by atoms with Gasteiger partial charge < -0.3 is 20.1 Å². The number of hydrogen-bond acceptors (Lipinski definition) is 7. The number of morpholine rings is 1. The normalized spacial score (nSPS) is 15.3. The van der Waals surface area contributed by atoms with Gasteiger partial charge in [-0.2, -0.15) is 13.2 Å². The minimum absolute atomic E-state index is 0.00975. The van der Waals surface area contributed by atoms with Gasteiger partial charge in [0, 0.05) is 30.2 Å². The minimum Gasteiger partial charge on any atom is -0.476 e. The molecule has 4 heterocycles. The van der Waals surface area contributed by atoms with Crippen molar-refractivity contribution in [3.8, 4) is 0 Å². The van der Waals surface area contributed by atoms with Gasteiger partial charge in [-0.15, -0.1) is 0 Å². The Bertz CT molecular complexity index is 1540. The number of carboxylic acids is 1. The lowest BCUT2D eigenvalue weighted by atomic mass is 10.0. The third kappa shape index (κ3) is 4.78. The molecule has 0 spiro atoms. The maximum atomic E-state index is 13.9. The molecule has 0 aliphatic carbocycles. The summed E-state index contributed by atoms with van der Waals surface area (Å²) in [5, 5.41) is 12.8. The minimum atomic E-state index is -4.70. The number of nitrogens with one attached hydrogen (secondary N) is 1. The van der Waals surface area contributed by atoms with Crippen LogP contribution in [0.3, 0.4) is 0 Å². The first-order chi connectivity index (χ1) is 18.1. The van der Waals surface area contributed by atoms with Crippen molar-refractivity contribution in [1.82, 2.24) is 19.4 Å². The Morgan fingerprint density at radius 1 is 1.21 bits per heavy atom. The standard InChI is InChI=1S/C24H21ClF4N6O3/c1-12(30-16-2-3-18(25)32-20(16)22(36)37)14-8-13(10-26)9-15-19(14)33-23(34-4-6-38-7-5-34)35-11-17(24(27,28)29)31-21(15)35/h2-3,8-9,11-12,30H,4-7,10H2,1H3,(H,36,37)/t12-/m1/s1. The molecule has 5 rings (SSSR count). The first-order valence-corrected chi connectivity index (χ1v) is 11.9. The molecule has 3 aromatic heterocycles. The first-order valence-electron chi connectivity index (χ1n) is 11.5. The molecule has 14 heteroatoms. The fourth-order valence-electron chi connectivity index (χ4n) is 4.45. The van der Waals surface area contributed by atoms with E-state index in [1.54, 1.807) is 17.9 Å². The van der Waals surface area contributed by atoms with Crippen LogP contribution in [-0.4, -0.2) is 56.7 Å². The molecule has 1 aromatic carbocycles. The van der Waals surface area contributed by atoms with Crippen molar-refractivity contribution >= 4 is 45.8 Å². The third-order valence-corrected chi connectivity index (χ3v) is 6.42. The summed E-state index contributed by atoms with van der Waals surface area (Å²) in [5.41, 5.74) is -0.340. The van der Waals surface area contributed by atoms with Crippen LogP contribution in [-0.2, 0) is 17.6 Å². The predicted molar refractivity (Wildman–Crippen MR) is 132 cm³/mol. The molecule has 1 fully saturated rings. The van der Waals surface area contributed by atoms with E-state index in [1.165, 1.54) is 22.6 Å². The van der Waals surface area contributed by atoms with Crippen molar-refractivity contribution in [2.75, 3.05) is 36.5 Å². The Morgan fingerprint density at radius 3 is 2.61 bits per heavy atom. The quantitative estimate of drug-likeness (QED) is 0.251. The number of aromatic nitrogens is 4. The summed E-state index contributed by atoms with van der Waals surface area (Å²) in [6.45, 7) is 2.35. The zero-order chi connectivity index (χ0) is 27.2. The number of alkyl halides is 4. The highest BCUT2D eigenvalue weighted by molar-refractivity contribution is 6.29. The van der Waals surface area contributed by atoms with E-state index in [0.717, 1.165) is 6.20 Å². The monoisotopic (exact) mass is 552 g/mol. The number of ether oxygens (including phenoxy) is 1. The van der Waals surface area contributed by atoms with E-state index in [-0.39, 0.29) is 39.1 Å². The van der Waals surface area contributed by atoms with Crippen LogP contribution < -0.4 is 10.2 Å². The number of carbonyl (C=O) groups is 1. The van der Waals surface area contributed by atoms with Gasteiger partial charge in [-0.1, -0.05) is 11.6 Å². The second kappa shape index (κ2) is 9.87.